The van der Waals surface area contributed by atoms with Crippen molar-refractivity contribution in [2.24, 2.45) is 0 Å². The SMILES string of the molecule is C[Si](C)=[Zr]([Cl])[Cl].Cc1cc2c(-c3cccc4ccccc34)cccc2[cH-]1.c1coc(-c2cc3c(-c4cccc5ccccc45)cccc3[cH-]2)c1. The Bertz CT molecular complexity index is 2580. The fraction of sp³-hybridized carbons (Fsp3) is 0.0667. The number of hydrogen-bond donors (Lipinski definition) is 0. The van der Waals surface area contributed by atoms with Crippen LogP contribution in [0, 0.1) is 6.92 Å². The van der Waals surface area contributed by atoms with Gasteiger partial charge in [-0.1, -0.05) is 133 Å². The normalized spacial score (nSPS) is 10.9. The monoisotopic (exact) mass is 780 g/mol. The molecule has 0 N–H and O–H groups in total. The van der Waals surface area contributed by atoms with E-state index >= 15 is 0 Å². The van der Waals surface area contributed by atoms with Crippen LogP contribution in [-0.4, -0.2) is 5.43 Å². The number of aryl methyl sites for hydroxylation is 1. The molecule has 1 aromatic heterocycles. The first-order chi connectivity index (χ1) is 24.4. The maximum Gasteiger partial charge on any atom is 0.0796 e. The molecule has 1 heterocycles. The summed E-state index contributed by atoms with van der Waals surface area (Å²) in [5.41, 5.74) is 7.41. The minimum Gasteiger partial charge on any atom is -0.499 e. The van der Waals surface area contributed by atoms with Crippen LogP contribution in [-0.2, 0) is 18.0 Å². The Kier molecular flexibility index (Phi) is 10.7. The van der Waals surface area contributed by atoms with Crippen LogP contribution in [0.15, 0.2) is 168 Å². The summed E-state index contributed by atoms with van der Waals surface area (Å²) < 4.78 is 5.56. The minimum atomic E-state index is -1.65. The molecule has 0 radical (unpaired) electrons. The summed E-state index contributed by atoms with van der Waals surface area (Å²) in [5.74, 6) is 0.912. The van der Waals surface area contributed by atoms with E-state index in [4.69, 9.17) is 21.4 Å². The van der Waals surface area contributed by atoms with Gasteiger partial charge in [0.25, 0.3) is 0 Å². The first-order valence-electron chi connectivity index (χ1n) is 16.7. The topological polar surface area (TPSA) is 13.1 Å². The van der Waals surface area contributed by atoms with Crippen molar-refractivity contribution < 1.29 is 22.4 Å². The molecule has 0 amide bonds. The Morgan fingerprint density at radius 1 is 0.520 bits per heavy atom. The van der Waals surface area contributed by atoms with E-state index in [9.17, 15) is 0 Å². The molecule has 0 unspecified atom stereocenters. The van der Waals surface area contributed by atoms with Crippen LogP contribution < -0.4 is 0 Å². The van der Waals surface area contributed by atoms with Gasteiger partial charge in [0.05, 0.1) is 12.0 Å². The molecule has 0 atom stereocenters. The van der Waals surface area contributed by atoms with Crippen LogP contribution >= 0.6 is 17.0 Å². The zero-order valence-electron chi connectivity index (χ0n) is 28.3. The van der Waals surface area contributed by atoms with Crippen molar-refractivity contribution in [1.82, 2.24) is 0 Å². The number of rotatable bonds is 3. The average molecular weight is 783 g/mol. The van der Waals surface area contributed by atoms with Crippen molar-refractivity contribution in [3.05, 3.63) is 170 Å². The van der Waals surface area contributed by atoms with Gasteiger partial charge in [-0.25, -0.2) is 0 Å². The molecular weight excluding hydrogens is 747 g/mol. The predicted octanol–water partition coefficient (Wildman–Crippen LogP) is 14.5. The van der Waals surface area contributed by atoms with Gasteiger partial charge in [0, 0.05) is 0 Å². The van der Waals surface area contributed by atoms with E-state index in [1.165, 1.54) is 70.9 Å². The molecule has 0 aliphatic rings. The summed E-state index contributed by atoms with van der Waals surface area (Å²) in [5, 5.41) is 10.4. The average Bonchev–Trinajstić information content (AvgIpc) is 3.91. The number of furan rings is 1. The van der Waals surface area contributed by atoms with Gasteiger partial charge in [-0.15, -0.1) is 63.5 Å². The van der Waals surface area contributed by atoms with E-state index in [0.29, 0.717) is 0 Å². The fourth-order valence-corrected chi connectivity index (χ4v) is 6.59. The maximum atomic E-state index is 5.62. The van der Waals surface area contributed by atoms with Crippen molar-refractivity contribution in [2.45, 2.75) is 20.0 Å². The molecule has 9 rings (SSSR count). The Balaban J connectivity index is 0.000000137. The first kappa shape index (κ1) is 34.5. The Labute approximate surface area is 308 Å². The molecule has 50 heavy (non-hydrogen) atoms. The zero-order valence-corrected chi connectivity index (χ0v) is 33.2. The van der Waals surface area contributed by atoms with Gasteiger partial charge in [0.15, 0.2) is 0 Å². The summed E-state index contributed by atoms with van der Waals surface area (Å²) in [7, 11) is 11.2. The second-order valence-electron chi connectivity index (χ2n) is 12.7. The van der Waals surface area contributed by atoms with Gasteiger partial charge in [0.1, 0.15) is 0 Å². The summed E-state index contributed by atoms with van der Waals surface area (Å²) in [4.78, 5) is 0. The second-order valence-corrected chi connectivity index (χ2v) is 35.7. The van der Waals surface area contributed by atoms with Crippen molar-refractivity contribution in [2.75, 3.05) is 0 Å². The van der Waals surface area contributed by atoms with Gasteiger partial charge in [-0.3, -0.25) is 0 Å². The molecule has 0 aliphatic carbocycles. The van der Waals surface area contributed by atoms with E-state index in [2.05, 4.69) is 166 Å². The molecule has 0 spiro atoms. The minimum absolute atomic E-state index is 0.224. The van der Waals surface area contributed by atoms with Gasteiger partial charge in [-0.2, -0.15) is 6.07 Å². The van der Waals surface area contributed by atoms with E-state index < -0.39 is 18.0 Å². The zero-order chi connectivity index (χ0) is 34.6. The molecule has 0 aliphatic heterocycles. The molecule has 0 fully saturated rings. The molecule has 246 valence electrons. The Morgan fingerprint density at radius 3 is 1.50 bits per heavy atom. The molecule has 1 nitrogen and oxygen atoms in total. The fourth-order valence-electron chi connectivity index (χ4n) is 6.59. The van der Waals surface area contributed by atoms with Gasteiger partial charge in [-0.05, 0) is 38.7 Å². The third-order valence-corrected chi connectivity index (χ3v) is 28.7. The molecule has 9 aromatic rings. The van der Waals surface area contributed by atoms with Gasteiger partial charge >= 0.3 is 53.5 Å². The number of hydrogen-bond acceptors (Lipinski definition) is 1. The summed E-state index contributed by atoms with van der Waals surface area (Å²) in [6.45, 7) is 6.49. The molecule has 0 saturated heterocycles. The summed E-state index contributed by atoms with van der Waals surface area (Å²) in [6.07, 6.45) is 1.72. The third-order valence-electron chi connectivity index (χ3n) is 8.99. The molecular formula is C45H36Cl2OSiZr-2. The summed E-state index contributed by atoms with van der Waals surface area (Å²) >= 11 is -1.65. The second kappa shape index (κ2) is 15.5. The van der Waals surface area contributed by atoms with E-state index in [1.807, 2.05) is 12.1 Å². The third kappa shape index (κ3) is 7.39. The number of fused-ring (bicyclic) bond motifs is 4. The van der Waals surface area contributed by atoms with Gasteiger partial charge < -0.3 is 4.42 Å². The van der Waals surface area contributed by atoms with Crippen molar-refractivity contribution in [3.8, 4) is 33.6 Å². The van der Waals surface area contributed by atoms with E-state index in [0.717, 1.165) is 11.3 Å². The standard InChI is InChI=1S/C23H15O.C20H15.C2H6Si.2ClH.Zr/c1-2-9-19-16(6-1)7-3-10-20(19)21-11-4-8-17-14-18(15-22(17)21)23-12-5-13-24-23;1-14-12-16-8-5-11-19(20(16)13-14)18-10-4-7-15-6-2-3-9-17(15)18;1-3-2;;;/h1-15H;2-13H,1H3;1-2H3;2*1H;/q2*-1;;;;+2/p-2. The molecule has 0 bridgehead atoms. The van der Waals surface area contributed by atoms with Crippen molar-refractivity contribution in [1.29, 1.82) is 0 Å². The van der Waals surface area contributed by atoms with Gasteiger partial charge in [0.2, 0.25) is 0 Å². The Morgan fingerprint density at radius 2 is 0.980 bits per heavy atom. The van der Waals surface area contributed by atoms with E-state index in [1.54, 1.807) is 6.26 Å². The largest absolute Gasteiger partial charge is 0.499 e. The van der Waals surface area contributed by atoms with Crippen LogP contribution in [0.2, 0.25) is 13.1 Å². The summed E-state index contributed by atoms with van der Waals surface area (Å²) in [6, 6.07) is 56.2. The number of benzene rings is 6. The van der Waals surface area contributed by atoms with Crippen LogP contribution in [0.4, 0.5) is 0 Å². The number of halogens is 2. The molecule has 8 aromatic carbocycles. The van der Waals surface area contributed by atoms with Crippen LogP contribution in [0.3, 0.4) is 0 Å². The molecule has 5 heteroatoms. The van der Waals surface area contributed by atoms with E-state index in [-0.39, 0.29) is 5.43 Å². The molecule has 0 saturated carbocycles. The smallest absolute Gasteiger partial charge is 0.0796 e. The quantitative estimate of drug-likeness (QED) is 0.129. The van der Waals surface area contributed by atoms with Crippen molar-refractivity contribution in [3.63, 3.8) is 0 Å². The van der Waals surface area contributed by atoms with Crippen LogP contribution in [0.25, 0.3) is 76.7 Å². The van der Waals surface area contributed by atoms with Crippen molar-refractivity contribution >= 4 is 65.5 Å². The van der Waals surface area contributed by atoms with Crippen LogP contribution in [0.5, 0.6) is 0 Å². The van der Waals surface area contributed by atoms with Crippen LogP contribution in [0.1, 0.15) is 5.56 Å². The first-order valence-corrected chi connectivity index (χ1v) is 29.2. The Hall–Kier alpha value is -3.98. The predicted molar refractivity (Wildman–Crippen MR) is 217 cm³/mol. The maximum absolute atomic E-state index is 5.62.